The highest BCUT2D eigenvalue weighted by Gasteiger charge is 2.29. The molecule has 0 saturated heterocycles. The van der Waals surface area contributed by atoms with Crippen LogP contribution in [-0.4, -0.2) is 22.5 Å². The molecule has 0 spiro atoms. The molecule has 0 saturated carbocycles. The number of nitrogens with one attached hydrogen (secondary N) is 1. The summed E-state index contributed by atoms with van der Waals surface area (Å²) >= 11 is 5.71. The lowest BCUT2D eigenvalue weighted by Gasteiger charge is -2.21. The van der Waals surface area contributed by atoms with Gasteiger partial charge in [-0.05, 0) is 38.1 Å². The van der Waals surface area contributed by atoms with Gasteiger partial charge in [-0.25, -0.2) is 0 Å². The van der Waals surface area contributed by atoms with Crippen molar-refractivity contribution in [2.24, 2.45) is 0 Å². The van der Waals surface area contributed by atoms with Crippen molar-refractivity contribution < 1.29 is 19.2 Å². The summed E-state index contributed by atoms with van der Waals surface area (Å²) in [6.45, 7) is 3.04. The number of halogens is 1. The molecule has 1 heterocycles. The van der Waals surface area contributed by atoms with Crippen molar-refractivity contribution in [2.75, 3.05) is 6.54 Å². The van der Waals surface area contributed by atoms with Crippen LogP contribution in [0.5, 0.6) is 0 Å². The minimum Gasteiger partial charge on any atom is -0.463 e. The normalized spacial score (nSPS) is 13.4. The van der Waals surface area contributed by atoms with Crippen LogP contribution >= 0.6 is 11.6 Å². The van der Waals surface area contributed by atoms with E-state index in [1.165, 1.54) is 19.1 Å². The van der Waals surface area contributed by atoms with Gasteiger partial charge < -0.3 is 14.8 Å². The van der Waals surface area contributed by atoms with Crippen LogP contribution in [0.1, 0.15) is 28.8 Å². The number of carbonyl (C=O) groups is 1. The third kappa shape index (κ3) is 3.88. The Hall–Kier alpha value is -2.38. The highest BCUT2D eigenvalue weighted by atomic mass is 35.5. The number of nitrogens with zero attached hydrogens (tertiary/aromatic N) is 1. The number of benzene rings is 1. The highest BCUT2D eigenvalue weighted by molar-refractivity contribution is 6.31. The number of nitro benzene ring substituents is 1. The molecular weight excluding hydrogens is 324 g/mol. The number of amides is 1. The molecule has 2 rings (SSSR count). The minimum absolute atomic E-state index is 0.133. The van der Waals surface area contributed by atoms with Crippen LogP contribution in [0, 0.1) is 17.0 Å². The summed E-state index contributed by atoms with van der Waals surface area (Å²) in [7, 11) is 0. The van der Waals surface area contributed by atoms with Gasteiger partial charge in [0.25, 0.3) is 11.6 Å². The van der Waals surface area contributed by atoms with E-state index in [2.05, 4.69) is 5.32 Å². The Balaban J connectivity index is 2.15. The zero-order valence-corrected chi connectivity index (χ0v) is 13.3. The standard InChI is InChI=1S/C15H15ClN2O5/c1-9-3-6-13(23-9)15(2,20)8-17-14(19)11-5-4-10(16)7-12(11)18(21)22/h3-7,20H,8H2,1-2H3,(H,17,19). The number of furan rings is 1. The molecule has 2 N–H and O–H groups in total. The summed E-state index contributed by atoms with van der Waals surface area (Å²) in [5.41, 5.74) is -1.97. The van der Waals surface area contributed by atoms with Gasteiger partial charge in [-0.1, -0.05) is 11.6 Å². The van der Waals surface area contributed by atoms with E-state index in [1.54, 1.807) is 19.1 Å². The molecule has 8 heteroatoms. The lowest BCUT2D eigenvalue weighted by atomic mass is 10.0. The van der Waals surface area contributed by atoms with Crippen LogP contribution in [0.2, 0.25) is 5.02 Å². The first-order chi connectivity index (χ1) is 10.7. The number of rotatable bonds is 5. The molecule has 23 heavy (non-hydrogen) atoms. The predicted molar refractivity (Wildman–Crippen MR) is 83.5 cm³/mol. The van der Waals surface area contributed by atoms with Gasteiger partial charge in [-0.15, -0.1) is 0 Å². The minimum atomic E-state index is -1.44. The van der Waals surface area contributed by atoms with Gasteiger partial charge in [-0.3, -0.25) is 14.9 Å². The van der Waals surface area contributed by atoms with Gasteiger partial charge in [0.05, 0.1) is 11.5 Å². The Kier molecular flexibility index (Phi) is 4.72. The molecule has 0 aliphatic carbocycles. The van der Waals surface area contributed by atoms with E-state index in [4.69, 9.17) is 16.0 Å². The fraction of sp³-hybridized carbons (Fsp3) is 0.267. The van der Waals surface area contributed by atoms with Crippen LogP contribution in [-0.2, 0) is 5.60 Å². The fourth-order valence-corrected chi connectivity index (χ4v) is 2.17. The highest BCUT2D eigenvalue weighted by Crippen LogP contribution is 2.25. The SMILES string of the molecule is Cc1ccc(C(C)(O)CNC(=O)c2ccc(Cl)cc2[N+](=O)[O-])o1. The van der Waals surface area contributed by atoms with E-state index in [0.29, 0.717) is 11.5 Å². The van der Waals surface area contributed by atoms with Crippen molar-refractivity contribution in [1.82, 2.24) is 5.32 Å². The second kappa shape index (κ2) is 6.39. The summed E-state index contributed by atoms with van der Waals surface area (Å²) < 4.78 is 5.34. The monoisotopic (exact) mass is 338 g/mol. The van der Waals surface area contributed by atoms with Crippen molar-refractivity contribution >= 4 is 23.2 Å². The van der Waals surface area contributed by atoms with E-state index in [9.17, 15) is 20.0 Å². The van der Waals surface area contributed by atoms with Crippen LogP contribution in [0.4, 0.5) is 5.69 Å². The van der Waals surface area contributed by atoms with Gasteiger partial charge >= 0.3 is 0 Å². The van der Waals surface area contributed by atoms with E-state index in [-0.39, 0.29) is 17.1 Å². The smallest absolute Gasteiger partial charge is 0.283 e. The Morgan fingerprint density at radius 1 is 1.43 bits per heavy atom. The summed E-state index contributed by atoms with van der Waals surface area (Å²) in [5, 5.41) is 24.0. The van der Waals surface area contributed by atoms with Crippen LogP contribution in [0.25, 0.3) is 0 Å². The zero-order chi connectivity index (χ0) is 17.2. The first-order valence-electron chi connectivity index (χ1n) is 6.72. The topological polar surface area (TPSA) is 106 Å². The van der Waals surface area contributed by atoms with Crippen molar-refractivity contribution in [1.29, 1.82) is 0 Å². The lowest BCUT2D eigenvalue weighted by molar-refractivity contribution is -0.385. The number of hydrogen-bond donors (Lipinski definition) is 2. The average molecular weight is 339 g/mol. The van der Waals surface area contributed by atoms with Crippen molar-refractivity contribution in [3.8, 4) is 0 Å². The first-order valence-corrected chi connectivity index (χ1v) is 7.10. The molecule has 1 amide bonds. The number of hydrogen-bond acceptors (Lipinski definition) is 5. The van der Waals surface area contributed by atoms with Gasteiger partial charge in [0.2, 0.25) is 0 Å². The molecule has 0 aliphatic heterocycles. The molecule has 0 fully saturated rings. The zero-order valence-electron chi connectivity index (χ0n) is 12.5. The molecular formula is C15H15ClN2O5. The molecule has 1 aromatic carbocycles. The Labute approximate surface area is 137 Å². The Morgan fingerprint density at radius 3 is 2.70 bits per heavy atom. The molecule has 122 valence electrons. The van der Waals surface area contributed by atoms with Crippen molar-refractivity contribution in [3.63, 3.8) is 0 Å². The number of carbonyl (C=O) groups excluding carboxylic acids is 1. The lowest BCUT2D eigenvalue weighted by Crippen LogP contribution is -2.38. The number of aryl methyl sites for hydroxylation is 1. The van der Waals surface area contributed by atoms with Gasteiger partial charge in [0.15, 0.2) is 0 Å². The van der Waals surface area contributed by atoms with E-state index >= 15 is 0 Å². The summed E-state index contributed by atoms with van der Waals surface area (Å²) in [4.78, 5) is 22.5. The van der Waals surface area contributed by atoms with Crippen LogP contribution in [0.3, 0.4) is 0 Å². The fourth-order valence-electron chi connectivity index (χ4n) is 2.01. The van der Waals surface area contributed by atoms with Gasteiger partial charge in [0.1, 0.15) is 22.7 Å². The molecule has 2 aromatic rings. The second-order valence-electron chi connectivity index (χ2n) is 5.29. The maximum absolute atomic E-state index is 12.2. The summed E-state index contributed by atoms with van der Waals surface area (Å²) in [5.74, 6) is 0.234. The molecule has 1 unspecified atom stereocenters. The van der Waals surface area contributed by atoms with Gasteiger partial charge in [-0.2, -0.15) is 0 Å². The van der Waals surface area contributed by atoms with Gasteiger partial charge in [0, 0.05) is 11.1 Å². The predicted octanol–water partition coefficient (Wildman–Crippen LogP) is 2.79. The van der Waals surface area contributed by atoms with E-state index in [1.807, 2.05) is 0 Å². The maximum Gasteiger partial charge on any atom is 0.283 e. The molecule has 1 aromatic heterocycles. The average Bonchev–Trinajstić information content (AvgIpc) is 2.92. The van der Waals surface area contributed by atoms with E-state index in [0.717, 1.165) is 6.07 Å². The Morgan fingerprint density at radius 2 is 2.13 bits per heavy atom. The Bertz CT molecular complexity index is 754. The van der Waals surface area contributed by atoms with Crippen LogP contribution in [0.15, 0.2) is 34.7 Å². The third-order valence-corrected chi connectivity index (χ3v) is 3.50. The number of nitro groups is 1. The van der Waals surface area contributed by atoms with Crippen LogP contribution < -0.4 is 5.32 Å². The number of aliphatic hydroxyl groups is 1. The largest absolute Gasteiger partial charge is 0.463 e. The first kappa shape index (κ1) is 17.0. The second-order valence-corrected chi connectivity index (χ2v) is 5.72. The summed E-state index contributed by atoms with van der Waals surface area (Å²) in [6.07, 6.45) is 0. The third-order valence-electron chi connectivity index (χ3n) is 3.27. The molecule has 7 nitrogen and oxygen atoms in total. The molecule has 0 bridgehead atoms. The molecule has 0 aliphatic rings. The molecule has 1 atom stereocenters. The quantitative estimate of drug-likeness (QED) is 0.644. The maximum atomic E-state index is 12.2. The molecule has 0 radical (unpaired) electrons. The van der Waals surface area contributed by atoms with Crippen molar-refractivity contribution in [3.05, 3.63) is 62.6 Å². The van der Waals surface area contributed by atoms with Crippen molar-refractivity contribution in [2.45, 2.75) is 19.4 Å². The van der Waals surface area contributed by atoms with E-state index < -0.39 is 22.1 Å². The summed E-state index contributed by atoms with van der Waals surface area (Å²) in [6, 6.07) is 7.05.